The third kappa shape index (κ3) is 2.68. The van der Waals surface area contributed by atoms with E-state index in [2.05, 4.69) is 41.0 Å². The molecule has 2 heteroatoms. The van der Waals surface area contributed by atoms with Crippen LogP contribution in [0.4, 0.5) is 5.69 Å². The van der Waals surface area contributed by atoms with Crippen molar-refractivity contribution in [2.75, 3.05) is 31.2 Å². The zero-order valence-corrected chi connectivity index (χ0v) is 10.7. The Morgan fingerprint density at radius 2 is 1.78 bits per heavy atom. The van der Waals surface area contributed by atoms with Crippen LogP contribution in [-0.4, -0.2) is 26.3 Å². The van der Waals surface area contributed by atoms with E-state index in [9.17, 15) is 0 Å². The summed E-state index contributed by atoms with van der Waals surface area (Å²) >= 11 is 0. The molecule has 1 aromatic rings. The topological polar surface area (TPSA) is 12.5 Å². The van der Waals surface area contributed by atoms with Crippen LogP contribution < -0.4 is 4.90 Å². The first-order valence-corrected chi connectivity index (χ1v) is 6.86. The van der Waals surface area contributed by atoms with Crippen LogP contribution in [0.3, 0.4) is 0 Å². The summed E-state index contributed by atoms with van der Waals surface area (Å²) in [5.74, 6) is 7.29. The molecule has 0 bridgehead atoms. The molecule has 1 heterocycles. The molecule has 1 aliphatic carbocycles. The Hall–Kier alpha value is -1.46. The van der Waals surface area contributed by atoms with E-state index in [1.165, 1.54) is 24.9 Å². The van der Waals surface area contributed by atoms with Gasteiger partial charge in [-0.1, -0.05) is 18.3 Å². The second-order valence-electron chi connectivity index (χ2n) is 5.04. The van der Waals surface area contributed by atoms with Crippen LogP contribution in [-0.2, 0) is 4.74 Å². The number of benzene rings is 1. The summed E-state index contributed by atoms with van der Waals surface area (Å²) in [7, 11) is 0. The quantitative estimate of drug-likeness (QED) is 0.701. The van der Waals surface area contributed by atoms with E-state index in [4.69, 9.17) is 4.74 Å². The van der Waals surface area contributed by atoms with Gasteiger partial charge in [0.15, 0.2) is 0 Å². The molecule has 2 aliphatic rings. The highest BCUT2D eigenvalue weighted by Gasteiger charge is 2.14. The summed E-state index contributed by atoms with van der Waals surface area (Å²) in [6.07, 6.45) is 3.94. The largest absolute Gasteiger partial charge is 0.378 e. The second kappa shape index (κ2) is 5.46. The minimum Gasteiger partial charge on any atom is -0.378 e. The predicted molar refractivity (Wildman–Crippen MR) is 73.7 cm³/mol. The fraction of sp³-hybridized carbons (Fsp3) is 0.500. The average molecular weight is 241 g/mol. The van der Waals surface area contributed by atoms with Gasteiger partial charge >= 0.3 is 0 Å². The molecule has 1 aromatic carbocycles. The highest BCUT2D eigenvalue weighted by molar-refractivity contribution is 5.50. The smallest absolute Gasteiger partial charge is 0.0642 e. The molecule has 0 aromatic heterocycles. The van der Waals surface area contributed by atoms with Gasteiger partial charge in [0.1, 0.15) is 0 Å². The third-order valence-corrected chi connectivity index (χ3v) is 3.77. The van der Waals surface area contributed by atoms with Crippen LogP contribution in [0.15, 0.2) is 24.3 Å². The molecule has 0 unspecified atom stereocenters. The van der Waals surface area contributed by atoms with Crippen molar-refractivity contribution in [2.24, 2.45) is 5.92 Å². The van der Waals surface area contributed by atoms with Crippen LogP contribution in [0.25, 0.3) is 0 Å². The Morgan fingerprint density at radius 1 is 1.06 bits per heavy atom. The van der Waals surface area contributed by atoms with Crippen LogP contribution in [0.1, 0.15) is 24.8 Å². The van der Waals surface area contributed by atoms with Crippen LogP contribution in [0.2, 0.25) is 0 Å². The monoisotopic (exact) mass is 241 g/mol. The first-order chi connectivity index (χ1) is 8.92. The predicted octanol–water partition coefficient (Wildman–Crippen LogP) is 2.67. The molecule has 0 spiro atoms. The SMILES string of the molecule is C(#CC1CCC1)c1ccc(N2CCOCC2)cc1. The maximum atomic E-state index is 5.36. The normalized spacial score (nSPS) is 19.9. The number of hydrogen-bond donors (Lipinski definition) is 0. The van der Waals surface area contributed by atoms with Crippen molar-refractivity contribution in [2.45, 2.75) is 19.3 Å². The summed E-state index contributed by atoms with van der Waals surface area (Å²) < 4.78 is 5.36. The lowest BCUT2D eigenvalue weighted by atomic mass is 9.86. The van der Waals surface area contributed by atoms with Gasteiger partial charge in [0.05, 0.1) is 13.2 Å². The van der Waals surface area contributed by atoms with Crippen molar-refractivity contribution >= 4 is 5.69 Å². The first kappa shape index (κ1) is 11.6. The van der Waals surface area contributed by atoms with Crippen LogP contribution in [0.5, 0.6) is 0 Å². The van der Waals surface area contributed by atoms with Gasteiger partial charge in [-0.15, -0.1) is 0 Å². The summed E-state index contributed by atoms with van der Waals surface area (Å²) in [6, 6.07) is 8.62. The molecule has 0 amide bonds. The van der Waals surface area contributed by atoms with E-state index in [1.807, 2.05) is 0 Å². The molecule has 18 heavy (non-hydrogen) atoms. The Bertz CT molecular complexity index is 444. The summed E-state index contributed by atoms with van der Waals surface area (Å²) in [6.45, 7) is 3.66. The second-order valence-corrected chi connectivity index (χ2v) is 5.04. The Kier molecular flexibility index (Phi) is 3.52. The number of ether oxygens (including phenoxy) is 1. The van der Waals surface area contributed by atoms with Gasteiger partial charge in [0, 0.05) is 30.3 Å². The zero-order chi connectivity index (χ0) is 12.2. The van der Waals surface area contributed by atoms with E-state index >= 15 is 0 Å². The lowest BCUT2D eigenvalue weighted by molar-refractivity contribution is 0.122. The van der Waals surface area contributed by atoms with E-state index in [1.54, 1.807) is 0 Å². The van der Waals surface area contributed by atoms with Crippen molar-refractivity contribution in [1.82, 2.24) is 0 Å². The molecule has 1 saturated heterocycles. The molecule has 94 valence electrons. The van der Waals surface area contributed by atoms with Gasteiger partial charge in [-0.05, 0) is 37.1 Å². The van der Waals surface area contributed by atoms with Crippen LogP contribution >= 0.6 is 0 Å². The molecule has 3 rings (SSSR count). The summed E-state index contributed by atoms with van der Waals surface area (Å²) in [5.41, 5.74) is 2.42. The van der Waals surface area contributed by atoms with Gasteiger partial charge < -0.3 is 9.64 Å². The number of hydrogen-bond acceptors (Lipinski definition) is 2. The molecular formula is C16H19NO. The Balaban J connectivity index is 1.65. The molecule has 0 atom stereocenters. The fourth-order valence-electron chi connectivity index (χ4n) is 2.32. The maximum Gasteiger partial charge on any atom is 0.0642 e. The number of nitrogens with zero attached hydrogens (tertiary/aromatic N) is 1. The van der Waals surface area contributed by atoms with E-state index in [0.29, 0.717) is 5.92 Å². The third-order valence-electron chi connectivity index (χ3n) is 3.77. The lowest BCUT2D eigenvalue weighted by Gasteiger charge is -2.28. The minimum absolute atomic E-state index is 0.656. The maximum absolute atomic E-state index is 5.36. The van der Waals surface area contributed by atoms with Crippen molar-refractivity contribution < 1.29 is 4.74 Å². The van der Waals surface area contributed by atoms with Crippen molar-refractivity contribution in [3.63, 3.8) is 0 Å². The molecule has 1 aliphatic heterocycles. The lowest BCUT2D eigenvalue weighted by Crippen LogP contribution is -2.36. The van der Waals surface area contributed by atoms with E-state index in [0.717, 1.165) is 31.9 Å². The highest BCUT2D eigenvalue weighted by atomic mass is 16.5. The molecular weight excluding hydrogens is 222 g/mol. The molecule has 1 saturated carbocycles. The van der Waals surface area contributed by atoms with Gasteiger partial charge in [0.25, 0.3) is 0 Å². The molecule has 0 N–H and O–H groups in total. The van der Waals surface area contributed by atoms with Gasteiger partial charge in [0.2, 0.25) is 0 Å². The zero-order valence-electron chi connectivity index (χ0n) is 10.7. The minimum atomic E-state index is 0.656. The first-order valence-electron chi connectivity index (χ1n) is 6.86. The molecule has 2 fully saturated rings. The van der Waals surface area contributed by atoms with Gasteiger partial charge in [-0.3, -0.25) is 0 Å². The number of rotatable bonds is 1. The summed E-state index contributed by atoms with van der Waals surface area (Å²) in [4.78, 5) is 2.37. The molecule has 2 nitrogen and oxygen atoms in total. The number of anilines is 1. The van der Waals surface area contributed by atoms with Crippen molar-refractivity contribution in [3.8, 4) is 11.8 Å². The highest BCUT2D eigenvalue weighted by Crippen LogP contribution is 2.25. The fourth-order valence-corrected chi connectivity index (χ4v) is 2.32. The average Bonchev–Trinajstić information content (AvgIpc) is 2.39. The summed E-state index contributed by atoms with van der Waals surface area (Å²) in [5, 5.41) is 0. The Morgan fingerprint density at radius 3 is 2.39 bits per heavy atom. The molecule has 0 radical (unpaired) electrons. The van der Waals surface area contributed by atoms with Crippen LogP contribution in [0, 0.1) is 17.8 Å². The van der Waals surface area contributed by atoms with Crippen molar-refractivity contribution in [1.29, 1.82) is 0 Å². The van der Waals surface area contributed by atoms with Gasteiger partial charge in [-0.2, -0.15) is 0 Å². The van der Waals surface area contributed by atoms with Crippen molar-refractivity contribution in [3.05, 3.63) is 29.8 Å². The van der Waals surface area contributed by atoms with Gasteiger partial charge in [-0.25, -0.2) is 0 Å². The van der Waals surface area contributed by atoms with E-state index in [-0.39, 0.29) is 0 Å². The van der Waals surface area contributed by atoms with E-state index < -0.39 is 0 Å². The number of morpholine rings is 1. The standard InChI is InChI=1S/C16H19NO/c1-2-14(3-1)4-5-15-6-8-16(9-7-15)17-10-12-18-13-11-17/h6-9,14H,1-3,10-13H2. The Labute approximate surface area is 109 Å².